The Kier molecular flexibility index (Phi) is 5.63. The first-order valence-corrected chi connectivity index (χ1v) is 8.27. The second-order valence-electron chi connectivity index (χ2n) is 4.63. The first-order valence-electron chi connectivity index (χ1n) is 6.66. The highest BCUT2D eigenvalue weighted by atomic mass is 79.9. The molecule has 2 aromatic rings. The molecular weight excluding hydrogens is 336 g/mol. The van der Waals surface area contributed by atoms with Gasteiger partial charge in [0, 0.05) is 22.5 Å². The number of halogens is 1. The van der Waals surface area contributed by atoms with E-state index < -0.39 is 0 Å². The molecule has 0 aliphatic heterocycles. The summed E-state index contributed by atoms with van der Waals surface area (Å²) in [6.07, 6.45) is 2.72. The molecule has 0 radical (unpaired) electrons. The zero-order valence-electron chi connectivity index (χ0n) is 11.9. The predicted molar refractivity (Wildman–Crippen MR) is 86.0 cm³/mol. The summed E-state index contributed by atoms with van der Waals surface area (Å²) in [6.45, 7) is 5.40. The number of aromatic nitrogens is 3. The second kappa shape index (κ2) is 7.24. The summed E-state index contributed by atoms with van der Waals surface area (Å²) in [4.78, 5) is 5.38. The molecular formula is C14H19BrN4S. The van der Waals surface area contributed by atoms with Crippen LogP contribution in [0.4, 0.5) is 0 Å². The molecule has 6 heteroatoms. The van der Waals surface area contributed by atoms with E-state index in [2.05, 4.69) is 63.4 Å². The third kappa shape index (κ3) is 3.84. The van der Waals surface area contributed by atoms with Crippen LogP contribution in [0.3, 0.4) is 0 Å². The van der Waals surface area contributed by atoms with Gasteiger partial charge in [-0.25, -0.2) is 9.67 Å². The Hall–Kier alpha value is -0.850. The van der Waals surface area contributed by atoms with E-state index in [1.165, 1.54) is 5.56 Å². The standard InChI is InChI=1S/C14H19BrN4S/c1-4-7-16-10(2)11-5-6-13(12(15)8-11)20-14-17-9-18-19(14)3/h5-6,8-10,16H,4,7H2,1-3H3. The van der Waals surface area contributed by atoms with Gasteiger partial charge < -0.3 is 5.32 Å². The normalized spacial score (nSPS) is 12.6. The van der Waals surface area contributed by atoms with Gasteiger partial charge in [-0.3, -0.25) is 0 Å². The monoisotopic (exact) mass is 354 g/mol. The number of aryl methyl sites for hydroxylation is 1. The maximum Gasteiger partial charge on any atom is 0.190 e. The van der Waals surface area contributed by atoms with Crippen molar-refractivity contribution in [2.24, 2.45) is 7.05 Å². The summed E-state index contributed by atoms with van der Waals surface area (Å²) in [5, 5.41) is 8.46. The number of hydrogen-bond donors (Lipinski definition) is 1. The van der Waals surface area contributed by atoms with E-state index in [0.717, 1.165) is 27.5 Å². The number of hydrogen-bond acceptors (Lipinski definition) is 4. The van der Waals surface area contributed by atoms with Gasteiger partial charge in [-0.15, -0.1) is 0 Å². The fraction of sp³-hybridized carbons (Fsp3) is 0.429. The lowest BCUT2D eigenvalue weighted by Crippen LogP contribution is -2.19. The summed E-state index contributed by atoms with van der Waals surface area (Å²) in [7, 11) is 1.90. The molecule has 1 N–H and O–H groups in total. The van der Waals surface area contributed by atoms with Gasteiger partial charge in [0.15, 0.2) is 5.16 Å². The lowest BCUT2D eigenvalue weighted by Gasteiger charge is -2.15. The SMILES string of the molecule is CCCNC(C)c1ccc(Sc2ncnn2C)c(Br)c1. The van der Waals surface area contributed by atoms with E-state index in [1.807, 2.05) is 7.05 Å². The molecule has 2 rings (SSSR count). The average molecular weight is 355 g/mol. The van der Waals surface area contributed by atoms with Gasteiger partial charge in [-0.05, 0) is 65.3 Å². The Morgan fingerprint density at radius 3 is 2.85 bits per heavy atom. The molecule has 0 spiro atoms. The first kappa shape index (κ1) is 15.5. The highest BCUT2D eigenvalue weighted by Crippen LogP contribution is 2.33. The third-order valence-corrected chi connectivity index (χ3v) is 5.07. The molecule has 1 aromatic heterocycles. The van der Waals surface area contributed by atoms with Crippen molar-refractivity contribution in [2.75, 3.05) is 6.54 Å². The Balaban J connectivity index is 2.11. The second-order valence-corrected chi connectivity index (χ2v) is 6.50. The Morgan fingerprint density at radius 1 is 1.45 bits per heavy atom. The minimum atomic E-state index is 0.361. The van der Waals surface area contributed by atoms with Gasteiger partial charge in [-0.2, -0.15) is 5.10 Å². The van der Waals surface area contributed by atoms with Gasteiger partial charge in [0.1, 0.15) is 6.33 Å². The molecule has 108 valence electrons. The topological polar surface area (TPSA) is 42.7 Å². The van der Waals surface area contributed by atoms with Crippen molar-refractivity contribution in [3.05, 3.63) is 34.6 Å². The maximum absolute atomic E-state index is 4.23. The van der Waals surface area contributed by atoms with Crippen LogP contribution < -0.4 is 5.32 Å². The van der Waals surface area contributed by atoms with E-state index >= 15 is 0 Å². The fourth-order valence-corrected chi connectivity index (χ4v) is 3.23. The Morgan fingerprint density at radius 2 is 2.25 bits per heavy atom. The lowest BCUT2D eigenvalue weighted by atomic mass is 10.1. The molecule has 4 nitrogen and oxygen atoms in total. The van der Waals surface area contributed by atoms with E-state index in [0.29, 0.717) is 6.04 Å². The molecule has 1 atom stereocenters. The van der Waals surface area contributed by atoms with Crippen LogP contribution >= 0.6 is 27.7 Å². The molecule has 0 aliphatic carbocycles. The van der Waals surface area contributed by atoms with Crippen LogP contribution in [0.2, 0.25) is 0 Å². The number of nitrogens with one attached hydrogen (secondary N) is 1. The average Bonchev–Trinajstić information content (AvgIpc) is 2.84. The number of rotatable bonds is 6. The van der Waals surface area contributed by atoms with E-state index in [-0.39, 0.29) is 0 Å². The van der Waals surface area contributed by atoms with E-state index in [9.17, 15) is 0 Å². The van der Waals surface area contributed by atoms with Crippen LogP contribution in [0.5, 0.6) is 0 Å². The van der Waals surface area contributed by atoms with Gasteiger partial charge in [0.25, 0.3) is 0 Å². The van der Waals surface area contributed by atoms with Crippen molar-refractivity contribution < 1.29 is 0 Å². The molecule has 0 saturated carbocycles. The van der Waals surface area contributed by atoms with Crippen molar-refractivity contribution >= 4 is 27.7 Å². The minimum Gasteiger partial charge on any atom is -0.310 e. The maximum atomic E-state index is 4.23. The smallest absolute Gasteiger partial charge is 0.190 e. The molecule has 0 amide bonds. The van der Waals surface area contributed by atoms with Crippen molar-refractivity contribution in [3.8, 4) is 0 Å². The van der Waals surface area contributed by atoms with Crippen molar-refractivity contribution in [3.63, 3.8) is 0 Å². The lowest BCUT2D eigenvalue weighted by molar-refractivity contribution is 0.570. The summed E-state index contributed by atoms with van der Waals surface area (Å²) in [5.74, 6) is 0. The van der Waals surface area contributed by atoms with E-state index in [4.69, 9.17) is 0 Å². The predicted octanol–water partition coefficient (Wildman–Crippen LogP) is 3.79. The summed E-state index contributed by atoms with van der Waals surface area (Å²) in [5.41, 5.74) is 1.28. The first-order chi connectivity index (χ1) is 9.61. The largest absolute Gasteiger partial charge is 0.310 e. The van der Waals surface area contributed by atoms with Crippen LogP contribution in [0.15, 0.2) is 39.1 Å². The van der Waals surface area contributed by atoms with Gasteiger partial charge in [0.05, 0.1) is 0 Å². The zero-order valence-corrected chi connectivity index (χ0v) is 14.3. The van der Waals surface area contributed by atoms with Crippen molar-refractivity contribution in [1.82, 2.24) is 20.1 Å². The van der Waals surface area contributed by atoms with Crippen LogP contribution in [-0.4, -0.2) is 21.3 Å². The molecule has 1 unspecified atom stereocenters. The molecule has 20 heavy (non-hydrogen) atoms. The Bertz CT molecular complexity index is 570. The molecule has 0 fully saturated rings. The van der Waals surface area contributed by atoms with Crippen LogP contribution in [-0.2, 0) is 7.05 Å². The molecule has 0 saturated heterocycles. The van der Waals surface area contributed by atoms with Crippen LogP contribution in [0.1, 0.15) is 31.9 Å². The van der Waals surface area contributed by atoms with Crippen LogP contribution in [0, 0.1) is 0 Å². The molecule has 1 aromatic carbocycles. The summed E-state index contributed by atoms with van der Waals surface area (Å²) >= 11 is 5.26. The summed E-state index contributed by atoms with van der Waals surface area (Å²) < 4.78 is 2.87. The van der Waals surface area contributed by atoms with Crippen molar-refractivity contribution in [2.45, 2.75) is 36.4 Å². The van der Waals surface area contributed by atoms with E-state index in [1.54, 1.807) is 22.8 Å². The van der Waals surface area contributed by atoms with Gasteiger partial charge in [0.2, 0.25) is 0 Å². The van der Waals surface area contributed by atoms with Gasteiger partial charge in [-0.1, -0.05) is 13.0 Å². The van der Waals surface area contributed by atoms with Gasteiger partial charge >= 0.3 is 0 Å². The zero-order chi connectivity index (χ0) is 14.5. The Labute approximate surface area is 132 Å². The minimum absolute atomic E-state index is 0.361. The van der Waals surface area contributed by atoms with Crippen LogP contribution in [0.25, 0.3) is 0 Å². The third-order valence-electron chi connectivity index (χ3n) is 3.03. The molecule has 1 heterocycles. The fourth-order valence-electron chi connectivity index (χ4n) is 1.82. The number of benzene rings is 1. The quantitative estimate of drug-likeness (QED) is 0.856. The summed E-state index contributed by atoms with van der Waals surface area (Å²) in [6, 6.07) is 6.83. The molecule has 0 aliphatic rings. The highest BCUT2D eigenvalue weighted by Gasteiger charge is 2.10. The molecule has 0 bridgehead atoms. The van der Waals surface area contributed by atoms with Crippen molar-refractivity contribution in [1.29, 1.82) is 0 Å². The highest BCUT2D eigenvalue weighted by molar-refractivity contribution is 9.10. The number of nitrogens with zero attached hydrogens (tertiary/aromatic N) is 3.